The van der Waals surface area contributed by atoms with E-state index in [1.165, 1.54) is 5.56 Å². The molecule has 1 heteroatoms. The van der Waals surface area contributed by atoms with Crippen molar-refractivity contribution < 1.29 is 0 Å². The Morgan fingerprint density at radius 3 is 1.90 bits per heavy atom. The van der Waals surface area contributed by atoms with Crippen molar-refractivity contribution in [1.29, 1.82) is 0 Å². The van der Waals surface area contributed by atoms with Gasteiger partial charge in [0.1, 0.15) is 0 Å². The molecule has 0 aromatic heterocycles. The molecule has 0 unspecified atom stereocenters. The lowest BCUT2D eigenvalue weighted by molar-refractivity contribution is 0.587. The first-order chi connectivity index (χ1) is 9.58. The molecule has 0 heterocycles. The normalized spacial score (nSPS) is 13.8. The van der Waals surface area contributed by atoms with Crippen LogP contribution < -0.4 is 0 Å². The number of hydrogen-bond acceptors (Lipinski definition) is 1. The first-order valence-electron chi connectivity index (χ1n) is 6.85. The zero-order valence-corrected chi connectivity index (χ0v) is 12.5. The summed E-state index contributed by atoms with van der Waals surface area (Å²) in [7, 11) is 0. The van der Waals surface area contributed by atoms with Crippen molar-refractivity contribution in [2.75, 3.05) is 0 Å². The van der Waals surface area contributed by atoms with E-state index in [0.29, 0.717) is 0 Å². The maximum Gasteiger partial charge on any atom is 0.0524 e. The van der Waals surface area contributed by atoms with Crippen molar-refractivity contribution in [2.45, 2.75) is 26.3 Å². The quantitative estimate of drug-likeness (QED) is 0.510. The lowest BCUT2D eigenvalue weighted by atomic mass is 10.1. The SMILES string of the molecule is CC(C)(C)N=C/C=C/C=C/C=C/C=C/c1ccccc1. The average Bonchev–Trinajstić information content (AvgIpc) is 2.41. The van der Waals surface area contributed by atoms with Gasteiger partial charge in [0.15, 0.2) is 0 Å². The number of hydrogen-bond donors (Lipinski definition) is 0. The van der Waals surface area contributed by atoms with E-state index in [9.17, 15) is 0 Å². The van der Waals surface area contributed by atoms with Gasteiger partial charge in [-0.15, -0.1) is 0 Å². The van der Waals surface area contributed by atoms with E-state index in [2.05, 4.69) is 44.0 Å². The number of allylic oxidation sites excluding steroid dienone is 7. The molecule has 0 saturated heterocycles. The maximum atomic E-state index is 4.36. The van der Waals surface area contributed by atoms with Crippen LogP contribution in [-0.4, -0.2) is 11.8 Å². The van der Waals surface area contributed by atoms with Crippen LogP contribution in [0.3, 0.4) is 0 Å². The molecule has 0 fully saturated rings. The summed E-state index contributed by atoms with van der Waals surface area (Å²) >= 11 is 0. The number of aliphatic imine (C=N–C) groups is 1. The minimum Gasteiger partial charge on any atom is -0.287 e. The molecule has 0 radical (unpaired) electrons. The molecule has 0 bridgehead atoms. The summed E-state index contributed by atoms with van der Waals surface area (Å²) < 4.78 is 0. The molecular formula is C19H23N. The van der Waals surface area contributed by atoms with E-state index in [1.54, 1.807) is 0 Å². The fourth-order valence-corrected chi connectivity index (χ4v) is 1.37. The molecule has 0 aliphatic heterocycles. The van der Waals surface area contributed by atoms with Gasteiger partial charge in [0.05, 0.1) is 5.54 Å². The summed E-state index contributed by atoms with van der Waals surface area (Å²) in [6, 6.07) is 10.3. The molecule has 0 amide bonds. The topological polar surface area (TPSA) is 12.4 Å². The van der Waals surface area contributed by atoms with Crippen LogP contribution in [0.4, 0.5) is 0 Å². The highest BCUT2D eigenvalue weighted by molar-refractivity contribution is 5.71. The van der Waals surface area contributed by atoms with Crippen molar-refractivity contribution in [3.8, 4) is 0 Å². The molecular weight excluding hydrogens is 242 g/mol. The molecule has 0 N–H and O–H groups in total. The van der Waals surface area contributed by atoms with Crippen LogP contribution in [0.15, 0.2) is 77.9 Å². The lowest BCUT2D eigenvalue weighted by Gasteiger charge is -2.09. The minimum atomic E-state index is -0.00378. The zero-order valence-electron chi connectivity index (χ0n) is 12.5. The van der Waals surface area contributed by atoms with Gasteiger partial charge in [-0.25, -0.2) is 0 Å². The molecule has 104 valence electrons. The molecule has 0 aliphatic rings. The summed E-state index contributed by atoms with van der Waals surface area (Å²) in [5, 5.41) is 0. The monoisotopic (exact) mass is 265 g/mol. The Bertz CT molecular complexity index is 508. The second-order valence-corrected chi connectivity index (χ2v) is 5.37. The Morgan fingerprint density at radius 2 is 1.30 bits per heavy atom. The van der Waals surface area contributed by atoms with E-state index in [1.807, 2.05) is 66.9 Å². The Kier molecular flexibility index (Phi) is 7.05. The third-order valence-electron chi connectivity index (χ3n) is 2.30. The van der Waals surface area contributed by atoms with Crippen LogP contribution in [0.25, 0.3) is 6.08 Å². The largest absolute Gasteiger partial charge is 0.287 e. The van der Waals surface area contributed by atoms with Gasteiger partial charge >= 0.3 is 0 Å². The van der Waals surface area contributed by atoms with Crippen LogP contribution in [-0.2, 0) is 0 Å². The van der Waals surface area contributed by atoms with E-state index < -0.39 is 0 Å². The first-order valence-corrected chi connectivity index (χ1v) is 6.85. The molecule has 1 rings (SSSR count). The summed E-state index contributed by atoms with van der Waals surface area (Å²) in [6.45, 7) is 6.24. The fraction of sp³-hybridized carbons (Fsp3) is 0.211. The van der Waals surface area contributed by atoms with E-state index >= 15 is 0 Å². The van der Waals surface area contributed by atoms with Crippen molar-refractivity contribution in [2.24, 2.45) is 4.99 Å². The molecule has 0 spiro atoms. The summed E-state index contributed by atoms with van der Waals surface area (Å²) in [5.74, 6) is 0. The standard InChI is InChI=1S/C19H23N/c1-19(2,3)20-17-13-8-6-4-5-7-10-14-18-15-11-9-12-16-18/h4-17H,1-3H3/b6-4+,7-5+,13-8+,14-10+,20-17?. The Hall–Kier alpha value is -2.15. The van der Waals surface area contributed by atoms with Crippen LogP contribution in [0.2, 0.25) is 0 Å². The third kappa shape index (κ3) is 8.87. The lowest BCUT2D eigenvalue weighted by Crippen LogP contribution is -2.08. The van der Waals surface area contributed by atoms with Gasteiger partial charge in [-0.1, -0.05) is 72.9 Å². The fourth-order valence-electron chi connectivity index (χ4n) is 1.37. The Morgan fingerprint density at radius 1 is 0.750 bits per heavy atom. The van der Waals surface area contributed by atoms with Gasteiger partial charge in [0.25, 0.3) is 0 Å². The van der Waals surface area contributed by atoms with Crippen molar-refractivity contribution >= 4 is 12.3 Å². The van der Waals surface area contributed by atoms with Crippen molar-refractivity contribution in [1.82, 2.24) is 0 Å². The molecule has 1 nitrogen and oxygen atoms in total. The zero-order chi connectivity index (χ0) is 14.7. The molecule has 1 aromatic carbocycles. The number of benzene rings is 1. The van der Waals surface area contributed by atoms with Crippen molar-refractivity contribution in [3.63, 3.8) is 0 Å². The van der Waals surface area contributed by atoms with Gasteiger partial charge in [-0.05, 0) is 32.4 Å². The van der Waals surface area contributed by atoms with Crippen LogP contribution in [0.5, 0.6) is 0 Å². The number of rotatable bonds is 5. The third-order valence-corrected chi connectivity index (χ3v) is 2.30. The molecule has 0 saturated carbocycles. The predicted molar refractivity (Wildman–Crippen MR) is 91.1 cm³/mol. The van der Waals surface area contributed by atoms with Crippen LogP contribution in [0, 0.1) is 0 Å². The van der Waals surface area contributed by atoms with E-state index in [4.69, 9.17) is 0 Å². The number of nitrogens with zero attached hydrogens (tertiary/aromatic N) is 1. The predicted octanol–water partition coefficient (Wildman–Crippen LogP) is 5.24. The molecule has 0 atom stereocenters. The highest BCUT2D eigenvalue weighted by atomic mass is 14.8. The van der Waals surface area contributed by atoms with Gasteiger partial charge in [0.2, 0.25) is 0 Å². The summed E-state index contributed by atoms with van der Waals surface area (Å²) in [4.78, 5) is 4.36. The van der Waals surface area contributed by atoms with E-state index in [0.717, 1.165) is 0 Å². The highest BCUT2D eigenvalue weighted by Crippen LogP contribution is 2.04. The Labute approximate surface area is 122 Å². The molecule has 0 aliphatic carbocycles. The van der Waals surface area contributed by atoms with Gasteiger partial charge in [0, 0.05) is 6.21 Å². The first kappa shape index (κ1) is 15.9. The van der Waals surface area contributed by atoms with Crippen LogP contribution >= 0.6 is 0 Å². The highest BCUT2D eigenvalue weighted by Gasteiger charge is 2.02. The molecule has 20 heavy (non-hydrogen) atoms. The summed E-state index contributed by atoms with van der Waals surface area (Å²) in [5.41, 5.74) is 1.20. The van der Waals surface area contributed by atoms with Gasteiger partial charge in [-0.3, -0.25) is 4.99 Å². The minimum absolute atomic E-state index is 0.00378. The second-order valence-electron chi connectivity index (χ2n) is 5.37. The van der Waals surface area contributed by atoms with Gasteiger partial charge in [-0.2, -0.15) is 0 Å². The van der Waals surface area contributed by atoms with E-state index in [-0.39, 0.29) is 5.54 Å². The van der Waals surface area contributed by atoms with Crippen LogP contribution in [0.1, 0.15) is 26.3 Å². The van der Waals surface area contributed by atoms with Crippen molar-refractivity contribution in [3.05, 3.63) is 78.4 Å². The summed E-state index contributed by atoms with van der Waals surface area (Å²) in [6.07, 6.45) is 17.9. The molecule has 1 aromatic rings. The Balaban J connectivity index is 2.31. The van der Waals surface area contributed by atoms with Gasteiger partial charge < -0.3 is 0 Å². The smallest absolute Gasteiger partial charge is 0.0524 e. The average molecular weight is 265 g/mol. The second kappa shape index (κ2) is 8.87. The maximum absolute atomic E-state index is 4.36.